The van der Waals surface area contributed by atoms with Crippen LogP contribution in [0, 0.1) is 10.1 Å². The minimum absolute atomic E-state index is 0.127. The highest BCUT2D eigenvalue weighted by Gasteiger charge is 2.35. The van der Waals surface area contributed by atoms with Crippen LogP contribution in [0.5, 0.6) is 0 Å². The lowest BCUT2D eigenvalue weighted by molar-refractivity contribution is -0.385. The first kappa shape index (κ1) is 12.4. The largest absolute Gasteiger partial charge is 0.317 e. The van der Waals surface area contributed by atoms with Crippen LogP contribution in [0.3, 0.4) is 0 Å². The third-order valence-electron chi connectivity index (χ3n) is 3.68. The molecule has 0 aromatic heterocycles. The van der Waals surface area contributed by atoms with E-state index in [0.29, 0.717) is 0 Å². The van der Waals surface area contributed by atoms with E-state index in [1.165, 1.54) is 17.3 Å². The predicted molar refractivity (Wildman–Crippen MR) is 82.9 cm³/mol. The zero-order chi connectivity index (χ0) is 14.4. The normalized spacial score (nSPS) is 19.1. The van der Waals surface area contributed by atoms with Crippen molar-refractivity contribution in [2.75, 3.05) is 11.4 Å². The van der Waals surface area contributed by atoms with Gasteiger partial charge in [-0.1, -0.05) is 30.3 Å². The molecule has 1 atom stereocenters. The molecule has 0 amide bonds. The highest BCUT2D eigenvalue weighted by molar-refractivity contribution is 8.14. The number of rotatable bonds is 2. The van der Waals surface area contributed by atoms with E-state index < -0.39 is 0 Å². The molecular weight excluding hydrogens is 286 g/mol. The van der Waals surface area contributed by atoms with Crippen LogP contribution in [0.25, 0.3) is 0 Å². The number of thioether (sulfide) groups is 1. The van der Waals surface area contributed by atoms with Crippen molar-refractivity contribution in [1.29, 1.82) is 0 Å². The fourth-order valence-electron chi connectivity index (χ4n) is 2.65. The van der Waals surface area contributed by atoms with E-state index >= 15 is 0 Å². The third-order valence-corrected chi connectivity index (χ3v) is 4.74. The van der Waals surface area contributed by atoms with Crippen molar-refractivity contribution in [3.05, 3.63) is 64.2 Å². The number of nitrogens with zero attached hydrogens (tertiary/aromatic N) is 3. The summed E-state index contributed by atoms with van der Waals surface area (Å²) < 4.78 is 0. The predicted octanol–water partition coefficient (Wildman–Crippen LogP) is 3.62. The van der Waals surface area contributed by atoms with Crippen LogP contribution < -0.4 is 4.90 Å². The van der Waals surface area contributed by atoms with Gasteiger partial charge >= 0.3 is 0 Å². The van der Waals surface area contributed by atoms with Gasteiger partial charge in [0.05, 0.1) is 23.2 Å². The minimum atomic E-state index is -0.362. The van der Waals surface area contributed by atoms with E-state index in [-0.39, 0.29) is 16.7 Å². The first-order valence-electron chi connectivity index (χ1n) is 6.59. The quantitative estimate of drug-likeness (QED) is 0.627. The molecule has 2 aliphatic heterocycles. The van der Waals surface area contributed by atoms with Crippen LogP contribution in [0.15, 0.2) is 58.4 Å². The minimum Gasteiger partial charge on any atom is -0.317 e. The molecule has 0 N–H and O–H groups in total. The van der Waals surface area contributed by atoms with Gasteiger partial charge in [0, 0.05) is 17.0 Å². The maximum atomic E-state index is 10.8. The molecule has 0 radical (unpaired) electrons. The van der Waals surface area contributed by atoms with Crippen molar-refractivity contribution in [1.82, 2.24) is 0 Å². The second-order valence-electron chi connectivity index (χ2n) is 4.96. The topological polar surface area (TPSA) is 58.7 Å². The Morgan fingerprint density at radius 2 is 2.05 bits per heavy atom. The summed E-state index contributed by atoms with van der Waals surface area (Å²) >= 11 is 1.51. The molecule has 5 nitrogen and oxygen atoms in total. The first-order valence-corrected chi connectivity index (χ1v) is 7.40. The molecule has 0 saturated carbocycles. The van der Waals surface area contributed by atoms with Gasteiger partial charge in [-0.15, -0.1) is 0 Å². The zero-order valence-electron chi connectivity index (χ0n) is 11.0. The van der Waals surface area contributed by atoms with Crippen molar-refractivity contribution < 1.29 is 4.92 Å². The average Bonchev–Trinajstić information content (AvgIpc) is 3.04. The summed E-state index contributed by atoms with van der Waals surface area (Å²) in [5.41, 5.74) is 2.34. The average molecular weight is 297 g/mol. The summed E-state index contributed by atoms with van der Waals surface area (Å²) in [6.07, 6.45) is 0. The molecule has 2 aromatic rings. The summed E-state index contributed by atoms with van der Waals surface area (Å²) in [4.78, 5) is 18.3. The molecule has 6 heteroatoms. The number of hydrogen-bond donors (Lipinski definition) is 0. The number of anilines is 1. The fourth-order valence-corrected chi connectivity index (χ4v) is 3.77. The van der Waals surface area contributed by atoms with Crippen LogP contribution in [-0.4, -0.2) is 16.6 Å². The Kier molecular flexibility index (Phi) is 2.71. The van der Waals surface area contributed by atoms with E-state index in [2.05, 4.69) is 17.0 Å². The Balaban J connectivity index is 1.66. The Bertz CT molecular complexity index is 761. The lowest BCUT2D eigenvalue weighted by atomic mass is 10.1. The van der Waals surface area contributed by atoms with Crippen molar-refractivity contribution in [2.24, 2.45) is 4.99 Å². The second kappa shape index (κ2) is 4.60. The number of aliphatic imine (C=N–C) groups is 1. The molecule has 104 valence electrons. The van der Waals surface area contributed by atoms with Crippen molar-refractivity contribution in [3.63, 3.8) is 0 Å². The molecule has 0 saturated heterocycles. The standard InChI is InChI=1S/C15H11N3O2S/c19-18(20)11-6-7-13-14(8-11)21-15-16-12(9-17(13)15)10-4-2-1-3-5-10/h1-8,12H,9H2/t12-/m0/s1. The monoisotopic (exact) mass is 297 g/mol. The van der Waals surface area contributed by atoms with E-state index in [9.17, 15) is 10.1 Å². The third kappa shape index (κ3) is 1.99. The van der Waals surface area contributed by atoms with Gasteiger partial charge in [-0.3, -0.25) is 15.1 Å². The molecule has 2 aliphatic rings. The summed E-state index contributed by atoms with van der Waals surface area (Å²) in [5, 5.41) is 11.8. The van der Waals surface area contributed by atoms with Gasteiger partial charge in [0.1, 0.15) is 0 Å². The van der Waals surface area contributed by atoms with Gasteiger partial charge in [-0.05, 0) is 23.4 Å². The summed E-state index contributed by atoms with van der Waals surface area (Å²) in [6.45, 7) is 0.789. The lowest BCUT2D eigenvalue weighted by Crippen LogP contribution is -2.21. The molecule has 0 unspecified atom stereocenters. The van der Waals surface area contributed by atoms with E-state index in [0.717, 1.165) is 22.3 Å². The molecule has 21 heavy (non-hydrogen) atoms. The van der Waals surface area contributed by atoms with Crippen molar-refractivity contribution >= 4 is 28.3 Å². The van der Waals surface area contributed by atoms with Crippen molar-refractivity contribution in [3.8, 4) is 0 Å². The van der Waals surface area contributed by atoms with Crippen LogP contribution in [0.4, 0.5) is 11.4 Å². The molecule has 0 spiro atoms. The highest BCUT2D eigenvalue weighted by Crippen LogP contribution is 2.46. The van der Waals surface area contributed by atoms with Crippen LogP contribution >= 0.6 is 11.8 Å². The van der Waals surface area contributed by atoms with Gasteiger partial charge < -0.3 is 4.90 Å². The first-order chi connectivity index (χ1) is 10.2. The smallest absolute Gasteiger partial charge is 0.270 e. The Labute approximate surface area is 125 Å². The number of nitro benzene ring substituents is 1. The molecule has 2 aromatic carbocycles. The number of fused-ring (bicyclic) bond motifs is 3. The number of non-ortho nitro benzene ring substituents is 1. The number of hydrogen-bond acceptors (Lipinski definition) is 5. The maximum Gasteiger partial charge on any atom is 0.270 e. The van der Waals surface area contributed by atoms with Gasteiger partial charge in [0.25, 0.3) is 5.69 Å². The van der Waals surface area contributed by atoms with Gasteiger partial charge in [0.2, 0.25) is 0 Å². The van der Waals surface area contributed by atoms with Gasteiger partial charge in [-0.25, -0.2) is 0 Å². The van der Waals surface area contributed by atoms with E-state index in [4.69, 9.17) is 4.99 Å². The maximum absolute atomic E-state index is 10.8. The second-order valence-corrected chi connectivity index (χ2v) is 5.97. The van der Waals surface area contributed by atoms with Crippen LogP contribution in [-0.2, 0) is 0 Å². The van der Waals surface area contributed by atoms with E-state index in [1.54, 1.807) is 12.1 Å². The molecular formula is C15H11N3O2S. The molecule has 0 aliphatic carbocycles. The fraction of sp³-hybridized carbons (Fsp3) is 0.133. The highest BCUT2D eigenvalue weighted by atomic mass is 32.2. The number of amidine groups is 1. The summed E-state index contributed by atoms with van der Waals surface area (Å²) in [5.74, 6) is 0. The molecule has 2 heterocycles. The van der Waals surface area contributed by atoms with Crippen LogP contribution in [0.2, 0.25) is 0 Å². The van der Waals surface area contributed by atoms with E-state index in [1.807, 2.05) is 24.3 Å². The SMILES string of the molecule is O=[N+]([O-])c1ccc2c(c1)SC1=N[C@H](c3ccccc3)CN12. The lowest BCUT2D eigenvalue weighted by Gasteiger charge is -2.15. The Morgan fingerprint density at radius 3 is 2.81 bits per heavy atom. The van der Waals surface area contributed by atoms with Crippen molar-refractivity contribution in [2.45, 2.75) is 10.9 Å². The Hall–Kier alpha value is -2.34. The number of nitro groups is 1. The molecule has 0 bridgehead atoms. The van der Waals surface area contributed by atoms with Crippen LogP contribution in [0.1, 0.15) is 11.6 Å². The zero-order valence-corrected chi connectivity index (χ0v) is 11.8. The van der Waals surface area contributed by atoms with Gasteiger partial charge in [0.15, 0.2) is 5.17 Å². The number of benzene rings is 2. The summed E-state index contributed by atoms with van der Waals surface area (Å²) in [6, 6.07) is 15.3. The van der Waals surface area contributed by atoms with Gasteiger partial charge in [-0.2, -0.15) is 0 Å². The molecule has 4 rings (SSSR count). The Morgan fingerprint density at radius 1 is 1.24 bits per heavy atom. The summed E-state index contributed by atoms with van der Waals surface area (Å²) in [7, 11) is 0. The molecule has 0 fully saturated rings.